The standard InChI is InChI=1S/C22H21N3O4S/c26-19-16-11-10-14(12-17(16)24-22(30)25-19)21(28)29-18(13-6-2-1-3-7-13)20(27)23-15-8-4-5-9-15/h1-3,6-7,10-12,15,18H,4-5,8-9H2,(H,23,27)(H2,24,25,26,30). The molecule has 3 N–H and O–H groups in total. The Balaban J connectivity index is 1.61. The number of hydrogen-bond donors (Lipinski definition) is 3. The highest BCUT2D eigenvalue weighted by atomic mass is 32.1. The second kappa shape index (κ2) is 8.62. The van der Waals surface area contributed by atoms with Gasteiger partial charge in [-0.15, -0.1) is 0 Å². The smallest absolute Gasteiger partial charge is 0.339 e. The molecule has 1 heterocycles. The summed E-state index contributed by atoms with van der Waals surface area (Å²) in [6.45, 7) is 0. The number of amides is 1. The van der Waals surface area contributed by atoms with Crippen LogP contribution < -0.4 is 10.9 Å². The molecule has 1 atom stereocenters. The molecule has 0 spiro atoms. The summed E-state index contributed by atoms with van der Waals surface area (Å²) in [7, 11) is 0. The minimum Gasteiger partial charge on any atom is -0.444 e. The Morgan fingerprint density at radius 2 is 1.80 bits per heavy atom. The summed E-state index contributed by atoms with van der Waals surface area (Å²) in [6, 6.07) is 13.5. The van der Waals surface area contributed by atoms with Crippen LogP contribution in [0.2, 0.25) is 0 Å². The van der Waals surface area contributed by atoms with E-state index in [9.17, 15) is 14.4 Å². The number of aromatic amines is 2. The third-order valence-electron chi connectivity index (χ3n) is 5.24. The van der Waals surface area contributed by atoms with Crippen molar-refractivity contribution in [3.05, 3.63) is 74.8 Å². The van der Waals surface area contributed by atoms with Gasteiger partial charge in [0.2, 0.25) is 6.10 Å². The molecule has 3 aromatic rings. The van der Waals surface area contributed by atoms with Crippen molar-refractivity contribution in [1.82, 2.24) is 15.3 Å². The number of aromatic nitrogens is 2. The van der Waals surface area contributed by atoms with Crippen molar-refractivity contribution in [3.8, 4) is 0 Å². The van der Waals surface area contributed by atoms with E-state index in [2.05, 4.69) is 15.3 Å². The lowest BCUT2D eigenvalue weighted by molar-refractivity contribution is -0.131. The summed E-state index contributed by atoms with van der Waals surface area (Å²) in [5.41, 5.74) is 0.892. The number of esters is 1. The maximum Gasteiger partial charge on any atom is 0.339 e. The first-order valence-corrected chi connectivity index (χ1v) is 10.2. The molecule has 1 aromatic heterocycles. The predicted octanol–water partition coefficient (Wildman–Crippen LogP) is 3.54. The molecule has 1 fully saturated rings. The lowest BCUT2D eigenvalue weighted by Crippen LogP contribution is -2.38. The molecule has 0 radical (unpaired) electrons. The predicted molar refractivity (Wildman–Crippen MR) is 115 cm³/mol. The van der Waals surface area contributed by atoms with Crippen molar-refractivity contribution in [1.29, 1.82) is 0 Å². The maximum absolute atomic E-state index is 12.9. The van der Waals surface area contributed by atoms with Gasteiger partial charge >= 0.3 is 5.97 Å². The molecule has 4 rings (SSSR count). The molecule has 8 heteroatoms. The van der Waals surface area contributed by atoms with Crippen LogP contribution >= 0.6 is 12.2 Å². The first-order chi connectivity index (χ1) is 14.5. The number of ether oxygens (including phenoxy) is 1. The van der Waals surface area contributed by atoms with Gasteiger partial charge < -0.3 is 15.0 Å². The van der Waals surface area contributed by atoms with Gasteiger partial charge in [0.05, 0.1) is 16.5 Å². The third-order valence-corrected chi connectivity index (χ3v) is 5.45. The summed E-state index contributed by atoms with van der Waals surface area (Å²) in [5.74, 6) is -0.995. The molecular weight excluding hydrogens is 402 g/mol. The molecule has 1 amide bonds. The van der Waals surface area contributed by atoms with Gasteiger partial charge in [0.1, 0.15) is 0 Å². The van der Waals surface area contributed by atoms with Crippen molar-refractivity contribution in [2.75, 3.05) is 0 Å². The van der Waals surface area contributed by atoms with Crippen molar-refractivity contribution in [3.63, 3.8) is 0 Å². The second-order valence-corrected chi connectivity index (χ2v) is 7.76. The topological polar surface area (TPSA) is 104 Å². The van der Waals surface area contributed by atoms with E-state index in [4.69, 9.17) is 17.0 Å². The number of hydrogen-bond acceptors (Lipinski definition) is 5. The van der Waals surface area contributed by atoms with E-state index < -0.39 is 12.1 Å². The molecule has 0 aliphatic heterocycles. The Morgan fingerprint density at radius 1 is 1.07 bits per heavy atom. The summed E-state index contributed by atoms with van der Waals surface area (Å²) >= 11 is 4.99. The van der Waals surface area contributed by atoms with E-state index in [1.165, 1.54) is 18.2 Å². The maximum atomic E-state index is 12.9. The van der Waals surface area contributed by atoms with Crippen molar-refractivity contribution < 1.29 is 14.3 Å². The van der Waals surface area contributed by atoms with Gasteiger partial charge in [-0.1, -0.05) is 43.2 Å². The van der Waals surface area contributed by atoms with Crippen LogP contribution in [0.5, 0.6) is 0 Å². The van der Waals surface area contributed by atoms with E-state index in [1.807, 2.05) is 6.07 Å². The van der Waals surface area contributed by atoms with E-state index in [0.29, 0.717) is 16.5 Å². The van der Waals surface area contributed by atoms with Gasteiger partial charge in [0.25, 0.3) is 11.5 Å². The van der Waals surface area contributed by atoms with E-state index in [1.54, 1.807) is 24.3 Å². The van der Waals surface area contributed by atoms with Crippen LogP contribution in [0.4, 0.5) is 0 Å². The minimum atomic E-state index is -1.06. The van der Waals surface area contributed by atoms with Crippen LogP contribution in [0.15, 0.2) is 53.3 Å². The number of carbonyl (C=O) groups excluding carboxylic acids is 2. The second-order valence-electron chi connectivity index (χ2n) is 7.35. The molecule has 154 valence electrons. The third kappa shape index (κ3) is 4.33. The Hall–Kier alpha value is -3.26. The van der Waals surface area contributed by atoms with Crippen molar-refractivity contribution in [2.45, 2.75) is 37.8 Å². The monoisotopic (exact) mass is 423 g/mol. The van der Waals surface area contributed by atoms with E-state index >= 15 is 0 Å². The lowest BCUT2D eigenvalue weighted by atomic mass is 10.1. The largest absolute Gasteiger partial charge is 0.444 e. The SMILES string of the molecule is O=C(OC(C(=O)NC1CCCC1)c1ccccc1)c1ccc2c(=O)[nH]c(=S)[nH]c2c1. The first-order valence-electron chi connectivity index (χ1n) is 9.84. The highest BCUT2D eigenvalue weighted by molar-refractivity contribution is 7.71. The highest BCUT2D eigenvalue weighted by Crippen LogP contribution is 2.23. The van der Waals surface area contributed by atoms with Crippen LogP contribution in [-0.4, -0.2) is 27.9 Å². The van der Waals surface area contributed by atoms with Crippen LogP contribution in [-0.2, 0) is 9.53 Å². The normalized spacial score (nSPS) is 15.1. The summed E-state index contributed by atoms with van der Waals surface area (Å²) < 4.78 is 5.79. The van der Waals surface area contributed by atoms with Crippen LogP contribution in [0.3, 0.4) is 0 Å². The van der Waals surface area contributed by atoms with Gasteiger partial charge in [-0.25, -0.2) is 4.79 Å². The number of fused-ring (bicyclic) bond motifs is 1. The first kappa shape index (κ1) is 20.0. The Morgan fingerprint density at radius 3 is 2.53 bits per heavy atom. The Labute approximate surface area is 177 Å². The molecule has 0 saturated heterocycles. The molecule has 1 aliphatic rings. The molecule has 0 bridgehead atoms. The summed E-state index contributed by atoms with van der Waals surface area (Å²) in [5, 5.41) is 3.37. The molecule has 7 nitrogen and oxygen atoms in total. The summed E-state index contributed by atoms with van der Waals surface area (Å²) in [4.78, 5) is 43.1. The molecular formula is C22H21N3O4S. The minimum absolute atomic E-state index is 0.106. The van der Waals surface area contributed by atoms with Gasteiger partial charge in [0, 0.05) is 11.6 Å². The molecule has 1 unspecified atom stereocenters. The number of benzene rings is 2. The van der Waals surface area contributed by atoms with Gasteiger partial charge in [-0.3, -0.25) is 14.6 Å². The zero-order valence-corrected chi connectivity index (χ0v) is 17.0. The fourth-order valence-corrected chi connectivity index (χ4v) is 3.92. The molecule has 1 aliphatic carbocycles. The number of rotatable bonds is 5. The Kier molecular flexibility index (Phi) is 5.76. The van der Waals surface area contributed by atoms with Gasteiger partial charge in [-0.05, 0) is 43.3 Å². The van der Waals surface area contributed by atoms with Gasteiger partial charge in [0.15, 0.2) is 4.77 Å². The number of carbonyl (C=O) groups is 2. The zero-order valence-electron chi connectivity index (χ0n) is 16.1. The fourth-order valence-electron chi connectivity index (χ4n) is 3.72. The zero-order chi connectivity index (χ0) is 21.1. The van der Waals surface area contributed by atoms with Crippen molar-refractivity contribution in [2.24, 2.45) is 0 Å². The van der Waals surface area contributed by atoms with E-state index in [0.717, 1.165) is 25.7 Å². The van der Waals surface area contributed by atoms with Gasteiger partial charge in [-0.2, -0.15) is 0 Å². The molecule has 2 aromatic carbocycles. The molecule has 1 saturated carbocycles. The fraction of sp³-hybridized carbons (Fsp3) is 0.273. The lowest BCUT2D eigenvalue weighted by Gasteiger charge is -2.20. The summed E-state index contributed by atoms with van der Waals surface area (Å²) in [6.07, 6.45) is 2.96. The average molecular weight is 423 g/mol. The number of H-pyrrole nitrogens is 2. The van der Waals surface area contributed by atoms with Crippen LogP contribution in [0.25, 0.3) is 10.9 Å². The van der Waals surface area contributed by atoms with Crippen molar-refractivity contribution >= 4 is 35.0 Å². The quantitative estimate of drug-likeness (QED) is 0.430. The van der Waals surface area contributed by atoms with Crippen LogP contribution in [0, 0.1) is 4.77 Å². The molecule has 30 heavy (non-hydrogen) atoms. The highest BCUT2D eigenvalue weighted by Gasteiger charge is 2.28. The van der Waals surface area contributed by atoms with E-state index in [-0.39, 0.29) is 27.8 Å². The van der Waals surface area contributed by atoms with Crippen LogP contribution in [0.1, 0.15) is 47.7 Å². The average Bonchev–Trinajstić information content (AvgIpc) is 3.24. The Bertz CT molecular complexity index is 1200. The number of nitrogens with one attached hydrogen (secondary N) is 3.